The number of rotatable bonds is 6. The molecule has 2 rings (SSSR count). The molecule has 21 heavy (non-hydrogen) atoms. The van der Waals surface area contributed by atoms with E-state index >= 15 is 0 Å². The van der Waals surface area contributed by atoms with Gasteiger partial charge < -0.3 is 16.3 Å². The molecule has 7 heteroatoms. The van der Waals surface area contributed by atoms with Crippen molar-refractivity contribution in [2.75, 3.05) is 6.54 Å². The van der Waals surface area contributed by atoms with E-state index in [9.17, 15) is 0 Å². The number of hydrogen-bond acceptors (Lipinski definition) is 4. The maximum Gasteiger partial charge on any atom is 0.170 e. The van der Waals surface area contributed by atoms with Gasteiger partial charge in [-0.05, 0) is 46.1 Å². The Morgan fingerprint density at radius 3 is 2.81 bits per heavy atom. The molecule has 0 bridgehead atoms. The first-order valence-corrected chi connectivity index (χ1v) is 8.30. The van der Waals surface area contributed by atoms with E-state index in [0.29, 0.717) is 17.1 Å². The van der Waals surface area contributed by atoms with Crippen LogP contribution in [0.15, 0.2) is 39.3 Å². The summed E-state index contributed by atoms with van der Waals surface area (Å²) < 4.78 is 1.15. The fourth-order valence-electron chi connectivity index (χ4n) is 1.83. The smallest absolute Gasteiger partial charge is 0.170 e. The van der Waals surface area contributed by atoms with Crippen molar-refractivity contribution in [1.82, 2.24) is 5.32 Å². The van der Waals surface area contributed by atoms with E-state index in [4.69, 9.17) is 22.5 Å². The Bertz CT molecular complexity index is 645. The van der Waals surface area contributed by atoms with Crippen molar-refractivity contribution in [1.29, 1.82) is 0 Å². The topological polar surface area (TPSA) is 70.6 Å². The highest BCUT2D eigenvalue weighted by Gasteiger charge is 2.05. The van der Waals surface area contributed by atoms with Gasteiger partial charge in [0.15, 0.2) is 5.84 Å². The minimum atomic E-state index is 0.0553. The number of benzene rings is 1. The summed E-state index contributed by atoms with van der Waals surface area (Å²) in [6.07, 6.45) is 0.982. The van der Waals surface area contributed by atoms with Gasteiger partial charge in [0.05, 0.1) is 3.79 Å². The van der Waals surface area contributed by atoms with Gasteiger partial charge in [-0.3, -0.25) is 0 Å². The zero-order valence-electron chi connectivity index (χ0n) is 11.1. The number of nitrogens with one attached hydrogen (secondary N) is 1. The Labute approximate surface area is 140 Å². The predicted octanol–water partition coefficient (Wildman–Crippen LogP) is 3.59. The van der Waals surface area contributed by atoms with E-state index in [1.54, 1.807) is 23.5 Å². The Balaban J connectivity index is 1.86. The van der Waals surface area contributed by atoms with E-state index in [2.05, 4.69) is 38.5 Å². The summed E-state index contributed by atoms with van der Waals surface area (Å²) in [5, 5.41) is 15.6. The third kappa shape index (κ3) is 4.71. The summed E-state index contributed by atoms with van der Waals surface area (Å²) in [6, 6.07) is 9.54. The lowest BCUT2D eigenvalue weighted by molar-refractivity contribution is 0.318. The highest BCUT2D eigenvalue weighted by Crippen LogP contribution is 2.22. The molecular weight excluding hydrogens is 374 g/mol. The van der Waals surface area contributed by atoms with Gasteiger partial charge in [-0.2, -0.15) is 0 Å². The molecule has 0 unspecified atom stereocenters. The third-order valence-corrected chi connectivity index (χ3v) is 4.98. The van der Waals surface area contributed by atoms with Gasteiger partial charge in [0.2, 0.25) is 0 Å². The molecule has 0 spiro atoms. The Hall–Kier alpha value is -1.08. The second kappa shape index (κ2) is 7.79. The summed E-state index contributed by atoms with van der Waals surface area (Å²) in [6.45, 7) is 1.56. The normalized spacial score (nSPS) is 11.8. The number of oxime groups is 1. The molecule has 1 heterocycles. The molecule has 4 N–H and O–H groups in total. The highest BCUT2D eigenvalue weighted by atomic mass is 79.9. The van der Waals surface area contributed by atoms with Crippen molar-refractivity contribution in [3.63, 3.8) is 0 Å². The number of halogens is 2. The van der Waals surface area contributed by atoms with Gasteiger partial charge in [-0.25, -0.2) is 0 Å². The minimum absolute atomic E-state index is 0.0553. The lowest BCUT2D eigenvalue weighted by Crippen LogP contribution is -2.17. The number of nitrogens with two attached hydrogens (primary N) is 1. The molecule has 1 aromatic heterocycles. The van der Waals surface area contributed by atoms with Crippen LogP contribution in [0.5, 0.6) is 0 Å². The number of thiophene rings is 1. The number of hydrogen-bond donors (Lipinski definition) is 3. The molecule has 0 radical (unpaired) electrons. The van der Waals surface area contributed by atoms with Gasteiger partial charge in [-0.15, -0.1) is 11.3 Å². The molecule has 0 aliphatic carbocycles. The second-order valence-electron chi connectivity index (χ2n) is 4.42. The molecule has 0 atom stereocenters. The van der Waals surface area contributed by atoms with Crippen LogP contribution >= 0.6 is 38.9 Å². The molecule has 0 saturated heterocycles. The average molecular weight is 389 g/mol. The summed E-state index contributed by atoms with van der Waals surface area (Å²) in [4.78, 5) is 1.34. The largest absolute Gasteiger partial charge is 0.409 e. The van der Waals surface area contributed by atoms with Crippen molar-refractivity contribution in [2.45, 2.75) is 13.0 Å². The van der Waals surface area contributed by atoms with E-state index in [1.807, 2.05) is 6.07 Å². The second-order valence-corrected chi connectivity index (χ2v) is 7.38. The SMILES string of the molecule is N/C(=N/O)c1ccc(CNCCc2ccc(Br)s2)c(Cl)c1. The third-order valence-electron chi connectivity index (χ3n) is 2.95. The van der Waals surface area contributed by atoms with Crippen LogP contribution in [-0.2, 0) is 13.0 Å². The van der Waals surface area contributed by atoms with E-state index in [-0.39, 0.29) is 5.84 Å². The first-order chi connectivity index (χ1) is 10.1. The average Bonchev–Trinajstić information content (AvgIpc) is 2.89. The van der Waals surface area contributed by atoms with Crippen LogP contribution < -0.4 is 11.1 Å². The van der Waals surface area contributed by atoms with Gasteiger partial charge in [0.25, 0.3) is 0 Å². The van der Waals surface area contributed by atoms with E-state index < -0.39 is 0 Å². The maximum absolute atomic E-state index is 8.64. The maximum atomic E-state index is 8.64. The first-order valence-electron chi connectivity index (χ1n) is 6.31. The Morgan fingerprint density at radius 1 is 1.38 bits per heavy atom. The molecule has 0 saturated carbocycles. The van der Waals surface area contributed by atoms with Crippen LogP contribution in [-0.4, -0.2) is 17.6 Å². The standard InChI is InChI=1S/C14H15BrClN3OS/c15-13-4-3-11(21-13)5-6-18-8-10-2-1-9(7-12(10)16)14(17)19-20/h1-4,7,18,20H,5-6,8H2,(H2,17,19). The summed E-state index contributed by atoms with van der Waals surface area (Å²) in [5.41, 5.74) is 7.12. The molecule has 0 aliphatic rings. The quantitative estimate of drug-likeness (QED) is 0.233. The van der Waals surface area contributed by atoms with Gasteiger partial charge >= 0.3 is 0 Å². The van der Waals surface area contributed by atoms with Gasteiger partial charge in [-0.1, -0.05) is 28.9 Å². The Kier molecular flexibility index (Phi) is 6.05. The Morgan fingerprint density at radius 2 is 2.19 bits per heavy atom. The van der Waals surface area contributed by atoms with Crippen molar-refractivity contribution in [2.24, 2.45) is 10.9 Å². The van der Waals surface area contributed by atoms with Crippen molar-refractivity contribution >= 4 is 44.7 Å². The van der Waals surface area contributed by atoms with Crippen LogP contribution in [0, 0.1) is 0 Å². The lowest BCUT2D eigenvalue weighted by Gasteiger charge is -2.08. The van der Waals surface area contributed by atoms with Crippen molar-refractivity contribution < 1.29 is 5.21 Å². The lowest BCUT2D eigenvalue weighted by atomic mass is 10.1. The zero-order valence-corrected chi connectivity index (χ0v) is 14.3. The molecule has 0 amide bonds. The molecule has 1 aromatic carbocycles. The van der Waals surface area contributed by atoms with Gasteiger partial charge in [0.1, 0.15) is 0 Å². The minimum Gasteiger partial charge on any atom is -0.409 e. The van der Waals surface area contributed by atoms with Crippen molar-refractivity contribution in [3.8, 4) is 0 Å². The molecule has 0 aliphatic heterocycles. The summed E-state index contributed by atoms with van der Waals surface area (Å²) >= 11 is 11.4. The predicted molar refractivity (Wildman–Crippen MR) is 91.4 cm³/mol. The molecule has 0 fully saturated rings. The summed E-state index contributed by atoms with van der Waals surface area (Å²) in [7, 11) is 0. The van der Waals surface area contributed by atoms with Crippen molar-refractivity contribution in [3.05, 3.63) is 55.1 Å². The molecule has 2 aromatic rings. The highest BCUT2D eigenvalue weighted by molar-refractivity contribution is 9.11. The first kappa shape index (κ1) is 16.3. The van der Waals surface area contributed by atoms with Crippen LogP contribution in [0.1, 0.15) is 16.0 Å². The molecule has 112 valence electrons. The monoisotopic (exact) mass is 387 g/mol. The zero-order chi connectivity index (χ0) is 15.2. The molecular formula is C14H15BrClN3OS. The number of nitrogens with zero attached hydrogens (tertiary/aromatic N) is 1. The fourth-order valence-corrected chi connectivity index (χ4v) is 3.56. The summed E-state index contributed by atoms with van der Waals surface area (Å²) in [5.74, 6) is 0.0553. The molecule has 4 nitrogen and oxygen atoms in total. The van der Waals surface area contributed by atoms with Crippen LogP contribution in [0.4, 0.5) is 0 Å². The number of amidine groups is 1. The van der Waals surface area contributed by atoms with Gasteiger partial charge in [0, 0.05) is 28.6 Å². The van der Waals surface area contributed by atoms with E-state index in [0.717, 1.165) is 22.3 Å². The van der Waals surface area contributed by atoms with E-state index in [1.165, 1.54) is 4.88 Å². The van der Waals surface area contributed by atoms with Crippen LogP contribution in [0.3, 0.4) is 0 Å². The van der Waals surface area contributed by atoms with Crippen LogP contribution in [0.2, 0.25) is 5.02 Å². The fraction of sp³-hybridized carbons (Fsp3) is 0.214. The van der Waals surface area contributed by atoms with Crippen LogP contribution in [0.25, 0.3) is 0 Å².